The molecule has 2 aliphatic heterocycles. The molecule has 538 valence electrons. The van der Waals surface area contributed by atoms with Crippen molar-refractivity contribution in [2.24, 2.45) is 0 Å². The van der Waals surface area contributed by atoms with Gasteiger partial charge in [0.05, 0.1) is 70.1 Å². The Morgan fingerprint density at radius 1 is 0.460 bits per heavy atom. The van der Waals surface area contributed by atoms with E-state index in [1.54, 1.807) is 109 Å². The fourth-order valence-electron chi connectivity index (χ4n) is 12.2. The van der Waals surface area contributed by atoms with Gasteiger partial charge in [-0.2, -0.15) is 0 Å². The van der Waals surface area contributed by atoms with E-state index in [0.717, 1.165) is 11.1 Å². The summed E-state index contributed by atoms with van der Waals surface area (Å²) in [6, 6.07) is 29.9. The van der Waals surface area contributed by atoms with Crippen molar-refractivity contribution >= 4 is 80.7 Å². The number of aliphatic hydroxyl groups is 2. The van der Waals surface area contributed by atoms with Gasteiger partial charge in [-0.1, -0.05) is 93.7 Å². The molecule has 6 atom stereocenters. The Kier molecular flexibility index (Phi) is 29.6. The first-order valence-electron chi connectivity index (χ1n) is 32.9. The van der Waals surface area contributed by atoms with Crippen molar-refractivity contribution in [1.29, 1.82) is 0 Å². The van der Waals surface area contributed by atoms with Gasteiger partial charge in [-0.3, -0.25) is 19.2 Å². The van der Waals surface area contributed by atoms with Gasteiger partial charge in [0.15, 0.2) is 47.7 Å². The Bertz CT molecular complexity index is 3490. The molecule has 0 bridgehead atoms. The third-order valence-corrected chi connectivity index (χ3v) is 19.9. The van der Waals surface area contributed by atoms with Gasteiger partial charge in [-0.25, -0.2) is 9.59 Å². The lowest BCUT2D eigenvalue weighted by Crippen LogP contribution is -2.49. The zero-order chi connectivity index (χ0) is 71.8. The van der Waals surface area contributed by atoms with E-state index in [1.807, 2.05) is 24.3 Å². The number of aryl methyl sites for hydroxylation is 2. The summed E-state index contributed by atoms with van der Waals surface area (Å²) in [5.41, 5.74) is 5.27. The molecule has 4 N–H and O–H groups in total. The maximum absolute atomic E-state index is 14.5. The van der Waals surface area contributed by atoms with Gasteiger partial charge >= 0.3 is 11.9 Å². The van der Waals surface area contributed by atoms with Gasteiger partial charge in [-0.05, 0) is 169 Å². The van der Waals surface area contributed by atoms with E-state index in [1.165, 1.54) is 42.7 Å². The average Bonchev–Trinajstić information content (AvgIpc) is 0.803. The minimum absolute atomic E-state index is 0.0564. The van der Waals surface area contributed by atoms with Crippen LogP contribution in [0.25, 0.3) is 0 Å². The molecule has 2 saturated heterocycles. The molecule has 6 aromatic rings. The van der Waals surface area contributed by atoms with E-state index in [4.69, 9.17) is 56.8 Å². The van der Waals surface area contributed by atoms with Crippen LogP contribution in [0.3, 0.4) is 0 Å². The Morgan fingerprint density at radius 2 is 0.870 bits per heavy atom. The predicted molar refractivity (Wildman–Crippen MR) is 386 cm³/mol. The molecule has 2 aliphatic rings. The van der Waals surface area contributed by atoms with Crippen molar-refractivity contribution in [1.82, 2.24) is 20.4 Å². The molecule has 2 fully saturated rings. The second-order valence-electron chi connectivity index (χ2n) is 23.7. The molecular formula is C74H88I2N4O20. The molecule has 0 aliphatic carbocycles. The number of nitrogens with one attached hydrogen (secondary N) is 2. The third kappa shape index (κ3) is 20.2. The fourth-order valence-corrected chi connectivity index (χ4v) is 13.6. The minimum atomic E-state index is -0.890. The van der Waals surface area contributed by atoms with E-state index in [0.29, 0.717) is 162 Å². The summed E-state index contributed by atoms with van der Waals surface area (Å²) in [6.07, 6.45) is 3.39. The molecule has 0 spiro atoms. The van der Waals surface area contributed by atoms with Crippen molar-refractivity contribution in [3.8, 4) is 57.5 Å². The van der Waals surface area contributed by atoms with Crippen LogP contribution in [0.1, 0.15) is 116 Å². The maximum Gasteiger partial charge on any atom is 0.329 e. The van der Waals surface area contributed by atoms with Crippen LogP contribution < -0.4 is 58.0 Å². The Labute approximate surface area is 610 Å². The number of hydrogen-bond acceptors (Lipinski definition) is 20. The monoisotopic (exact) mass is 1610 g/mol. The van der Waals surface area contributed by atoms with Crippen LogP contribution in [-0.2, 0) is 64.3 Å². The topological polar surface area (TPSA) is 284 Å². The van der Waals surface area contributed by atoms with Crippen LogP contribution in [0.15, 0.2) is 109 Å². The number of carbonyl (C=O) groups excluding carboxylic acids is 6. The number of esters is 2. The number of halogens is 2. The minimum Gasteiger partial charge on any atom is -0.493 e. The number of benzene rings is 6. The average molecular weight is 1610 g/mol. The number of hydrogen-bond donors (Lipinski definition) is 4. The lowest BCUT2D eigenvalue weighted by molar-refractivity contribution is -0.162. The molecule has 24 nitrogen and oxygen atoms in total. The Hall–Kier alpha value is -8.48. The van der Waals surface area contributed by atoms with Crippen LogP contribution in [0.2, 0.25) is 0 Å². The summed E-state index contributed by atoms with van der Waals surface area (Å²) in [7, 11) is 12.1. The van der Waals surface area contributed by atoms with Crippen molar-refractivity contribution < 1.29 is 95.8 Å². The second-order valence-corrected chi connectivity index (χ2v) is 26.2. The van der Waals surface area contributed by atoms with Crippen LogP contribution in [0, 0.1) is 0 Å². The molecule has 8 rings (SSSR count). The van der Waals surface area contributed by atoms with Crippen molar-refractivity contribution in [3.05, 3.63) is 154 Å². The highest BCUT2D eigenvalue weighted by Gasteiger charge is 2.40. The summed E-state index contributed by atoms with van der Waals surface area (Å²) in [4.78, 5) is 87.4. The van der Waals surface area contributed by atoms with Crippen molar-refractivity contribution in [3.63, 3.8) is 0 Å². The number of rotatable bonds is 35. The molecular weight excluding hydrogens is 1520 g/mol. The quantitative estimate of drug-likeness (QED) is 0.0125. The number of carbonyl (C=O) groups is 6. The number of alkyl halides is 2. The smallest absolute Gasteiger partial charge is 0.329 e. The van der Waals surface area contributed by atoms with Crippen LogP contribution in [-0.4, -0.2) is 164 Å². The van der Waals surface area contributed by atoms with Crippen LogP contribution in [0.4, 0.5) is 0 Å². The molecule has 0 unspecified atom stereocenters. The van der Waals surface area contributed by atoms with Gasteiger partial charge < -0.3 is 87.5 Å². The molecule has 4 amide bonds. The molecule has 2 heterocycles. The summed E-state index contributed by atoms with van der Waals surface area (Å²) in [5.74, 6) is 1.44. The largest absolute Gasteiger partial charge is 0.493 e. The first-order valence-corrected chi connectivity index (χ1v) is 35.3. The van der Waals surface area contributed by atoms with Crippen LogP contribution >= 0.6 is 45.2 Å². The molecule has 100 heavy (non-hydrogen) atoms. The highest BCUT2D eigenvalue weighted by molar-refractivity contribution is 14.1. The van der Waals surface area contributed by atoms with E-state index in [9.17, 15) is 39.0 Å². The molecule has 0 aromatic heterocycles. The van der Waals surface area contributed by atoms with Gasteiger partial charge in [-0.15, -0.1) is 0 Å². The summed E-state index contributed by atoms with van der Waals surface area (Å²) >= 11 is 4.13. The van der Waals surface area contributed by atoms with Crippen LogP contribution in [0.5, 0.6) is 57.5 Å². The highest BCUT2D eigenvalue weighted by Crippen LogP contribution is 2.45. The number of methoxy groups -OCH3 is 8. The number of ether oxygens (including phenoxy) is 12. The van der Waals surface area contributed by atoms with E-state index in [-0.39, 0.29) is 57.8 Å². The van der Waals surface area contributed by atoms with E-state index >= 15 is 0 Å². The van der Waals surface area contributed by atoms with Gasteiger partial charge in [0.25, 0.3) is 11.8 Å². The third-order valence-electron chi connectivity index (χ3n) is 17.4. The summed E-state index contributed by atoms with van der Waals surface area (Å²) in [6.45, 7) is -0.485. The number of piperidine rings is 2. The standard InChI is InChI=1S/C74H88I2N4O20/c1-89-59-28-24-46(34-60(59)90-2)23-27-58(100-74(88)56-20-10-12-32-80(56)72(86)68(76)51-39-63(93-5)70(96-8)64(40-51)94-6)48-16-14-18-54(36-48)98-44-66(84)78-30-29-77-65(83)43-97-53-17-13-15-47(35-53)57(26-22-45-21-25-49(41-81)52(33-45)42-82)99-73(87)55-19-9-11-31-79(55)71(85)67(75)50-37-61(91-3)69(95-7)62(38-50)92-4/h13-18,21,24-25,28,33-40,55-58,67-68,81-82H,9-12,19-20,22-23,26-27,29-32,41-44H2,1-8H3,(H,77,83)(H,78,84)/t55-,56-,57+,58+,67-,68-/m0/s1. The number of aliphatic hydroxyl groups excluding tert-OH is 2. The van der Waals surface area contributed by atoms with E-state index < -0.39 is 55.9 Å². The fraction of sp³-hybridized carbons (Fsp3) is 0.432. The lowest BCUT2D eigenvalue weighted by Gasteiger charge is -2.36. The molecule has 0 saturated carbocycles. The lowest BCUT2D eigenvalue weighted by atomic mass is 9.97. The first-order chi connectivity index (χ1) is 48.4. The Morgan fingerprint density at radius 3 is 1.27 bits per heavy atom. The number of amides is 4. The molecule has 0 radical (unpaired) electrons. The first kappa shape index (κ1) is 77.3. The Balaban J connectivity index is 0.876. The van der Waals surface area contributed by atoms with Gasteiger partial charge in [0, 0.05) is 26.2 Å². The molecule has 26 heteroatoms. The maximum atomic E-state index is 14.5. The highest BCUT2D eigenvalue weighted by atomic mass is 127. The molecule has 6 aromatic carbocycles. The number of likely N-dealkylation sites (tertiary alicyclic amines) is 2. The van der Waals surface area contributed by atoms with E-state index in [2.05, 4.69) is 55.8 Å². The van der Waals surface area contributed by atoms with Gasteiger partial charge in [0.2, 0.25) is 23.3 Å². The summed E-state index contributed by atoms with van der Waals surface area (Å²) in [5, 5.41) is 25.4. The van der Waals surface area contributed by atoms with Crippen molar-refractivity contribution in [2.45, 2.75) is 110 Å². The zero-order valence-corrected chi connectivity index (χ0v) is 61.8. The zero-order valence-electron chi connectivity index (χ0n) is 57.5. The summed E-state index contributed by atoms with van der Waals surface area (Å²) < 4.78 is 67.7. The van der Waals surface area contributed by atoms with Crippen molar-refractivity contribution in [2.75, 3.05) is 96.3 Å². The SMILES string of the molecule is COc1ccc(CC[C@@H](OC(=O)[C@@H]2CCCCN2C(=O)[C@@H](I)c2cc(OC)c(OC)c(OC)c2)c2cccc(OCC(=O)NCCNC(=O)COc3cccc([C@@H](CCc4ccc(CO)c(CO)c4)OC(=O)[C@@H]4CCCCN4C(=O)[C@@H](I)c4cc(OC)c(OC)c(OC)c4)c3)c2)cc1OC. The number of nitrogens with zero attached hydrogens (tertiary/aromatic N) is 2. The normalized spacial score (nSPS) is 15.5. The van der Waals surface area contributed by atoms with Gasteiger partial charge in [0.1, 0.15) is 43.6 Å². The second kappa shape index (κ2) is 38.4. The predicted octanol–water partition coefficient (Wildman–Crippen LogP) is 9.98.